The highest BCUT2D eigenvalue weighted by atomic mass is 35.5. The molecule has 0 aromatic heterocycles. The van der Waals surface area contributed by atoms with Crippen LogP contribution in [-0.4, -0.2) is 50.2 Å². The van der Waals surface area contributed by atoms with E-state index in [4.69, 9.17) is 11.6 Å². The Morgan fingerprint density at radius 1 is 1.35 bits per heavy atom. The topological polar surface area (TPSA) is 56.7 Å². The van der Waals surface area contributed by atoms with E-state index in [1.807, 2.05) is 55.5 Å². The number of hydrogen-bond donors (Lipinski definition) is 2. The van der Waals surface area contributed by atoms with E-state index in [1.165, 1.54) is 0 Å². The number of halogens is 1. The molecule has 5 nitrogen and oxygen atoms in total. The van der Waals surface area contributed by atoms with Crippen LogP contribution in [0.1, 0.15) is 0 Å². The first-order valence-electron chi connectivity index (χ1n) is 8.70. The number of fused-ring (bicyclic) bond motifs is 3. The molecular weight excluding hydrogens is 348 g/mol. The largest absolute Gasteiger partial charge is 0.373 e. The van der Waals surface area contributed by atoms with Crippen molar-refractivity contribution in [2.75, 3.05) is 27.2 Å². The molecule has 0 radical (unpaired) electrons. The van der Waals surface area contributed by atoms with Crippen LogP contribution in [0.3, 0.4) is 0 Å². The lowest BCUT2D eigenvalue weighted by molar-refractivity contribution is -0.117. The number of amides is 1. The maximum Gasteiger partial charge on any atom is 0.248 e. The summed E-state index contributed by atoms with van der Waals surface area (Å²) in [7, 11) is 3.97. The molecular formula is C20H21ClN4O. The number of aliphatic imine (C=N–C) groups is 1. The van der Waals surface area contributed by atoms with Crippen molar-refractivity contribution in [2.45, 2.75) is 6.04 Å². The van der Waals surface area contributed by atoms with Crippen LogP contribution in [0.5, 0.6) is 0 Å². The van der Waals surface area contributed by atoms with Crippen LogP contribution >= 0.6 is 11.6 Å². The van der Waals surface area contributed by atoms with E-state index in [-0.39, 0.29) is 17.9 Å². The Labute approximate surface area is 158 Å². The smallest absolute Gasteiger partial charge is 0.248 e. The fraction of sp³-hybridized carbons (Fsp3) is 0.300. The van der Waals surface area contributed by atoms with E-state index in [9.17, 15) is 4.79 Å². The van der Waals surface area contributed by atoms with E-state index in [2.05, 4.69) is 15.6 Å². The van der Waals surface area contributed by atoms with Gasteiger partial charge in [0.15, 0.2) is 0 Å². The standard InChI is InChI=1S/C20H21ClN4O/c1-25(2)9-8-23-20(26)16-11-15-14-10-12(21)5-6-17(14)24-19(15)18-13(16)4-3-7-22-18/h3-7,10-11,13,17,24H,8-9H2,1-2H3,(H,23,26). The molecule has 4 aliphatic rings. The highest BCUT2D eigenvalue weighted by Crippen LogP contribution is 2.42. The van der Waals surface area contributed by atoms with Gasteiger partial charge in [0.25, 0.3) is 0 Å². The van der Waals surface area contributed by atoms with Gasteiger partial charge in [-0.25, -0.2) is 0 Å². The van der Waals surface area contributed by atoms with E-state index in [0.29, 0.717) is 11.6 Å². The molecule has 2 N–H and O–H groups in total. The van der Waals surface area contributed by atoms with E-state index in [1.54, 1.807) is 6.21 Å². The molecule has 2 unspecified atom stereocenters. The number of carbonyl (C=O) groups is 1. The van der Waals surface area contributed by atoms with Crippen molar-refractivity contribution in [3.8, 4) is 0 Å². The van der Waals surface area contributed by atoms with Crippen molar-refractivity contribution < 1.29 is 4.79 Å². The van der Waals surface area contributed by atoms with Crippen LogP contribution in [0.4, 0.5) is 0 Å². The maximum atomic E-state index is 12.8. The molecule has 6 heteroatoms. The molecule has 134 valence electrons. The van der Waals surface area contributed by atoms with Gasteiger partial charge in [-0.05, 0) is 44.0 Å². The summed E-state index contributed by atoms with van der Waals surface area (Å²) >= 11 is 6.20. The predicted octanol–water partition coefficient (Wildman–Crippen LogP) is 2.03. The van der Waals surface area contributed by atoms with Crippen molar-refractivity contribution in [1.29, 1.82) is 0 Å². The first kappa shape index (κ1) is 17.1. The summed E-state index contributed by atoms with van der Waals surface area (Å²) in [6.07, 6.45) is 13.6. The second-order valence-corrected chi connectivity index (χ2v) is 7.38. The summed E-state index contributed by atoms with van der Waals surface area (Å²) in [5, 5.41) is 7.23. The minimum absolute atomic E-state index is 0.0480. The van der Waals surface area contributed by atoms with Crippen LogP contribution < -0.4 is 10.6 Å². The first-order valence-corrected chi connectivity index (χ1v) is 9.08. The number of likely N-dealkylation sites (N-methyl/N-ethyl adjacent to an activating group) is 1. The predicted molar refractivity (Wildman–Crippen MR) is 105 cm³/mol. The summed E-state index contributed by atoms with van der Waals surface area (Å²) in [5.74, 6) is -0.178. The maximum absolute atomic E-state index is 12.8. The first-order chi connectivity index (χ1) is 12.5. The Morgan fingerprint density at radius 2 is 2.19 bits per heavy atom. The normalized spacial score (nSPS) is 25.5. The second kappa shape index (κ2) is 6.74. The Kier molecular flexibility index (Phi) is 4.42. The van der Waals surface area contributed by atoms with Crippen molar-refractivity contribution in [3.05, 3.63) is 69.6 Å². The number of nitrogens with one attached hydrogen (secondary N) is 2. The molecule has 0 bridgehead atoms. The third-order valence-corrected chi connectivity index (χ3v) is 5.09. The van der Waals surface area contributed by atoms with E-state index >= 15 is 0 Å². The SMILES string of the molecule is CN(C)CCNC(=O)C1=CC2=C3C=C(Cl)C=CC3NC2=C2N=CC=CC12. The molecule has 0 spiro atoms. The lowest BCUT2D eigenvalue weighted by atomic mass is 9.83. The molecule has 2 aliphatic heterocycles. The molecule has 26 heavy (non-hydrogen) atoms. The molecule has 1 amide bonds. The monoisotopic (exact) mass is 368 g/mol. The van der Waals surface area contributed by atoms with Crippen molar-refractivity contribution in [2.24, 2.45) is 10.9 Å². The number of allylic oxidation sites excluding steroid dienone is 5. The zero-order chi connectivity index (χ0) is 18.3. The zero-order valence-corrected chi connectivity index (χ0v) is 15.5. The molecule has 0 fully saturated rings. The molecule has 2 aliphatic carbocycles. The molecule has 0 saturated carbocycles. The van der Waals surface area contributed by atoms with Gasteiger partial charge in [-0.2, -0.15) is 0 Å². The summed E-state index contributed by atoms with van der Waals surface area (Å²) in [5.41, 5.74) is 4.70. The fourth-order valence-corrected chi connectivity index (χ4v) is 3.76. The van der Waals surface area contributed by atoms with Gasteiger partial charge in [0.1, 0.15) is 0 Å². The van der Waals surface area contributed by atoms with E-state index < -0.39 is 0 Å². The van der Waals surface area contributed by atoms with Gasteiger partial charge in [0, 0.05) is 35.5 Å². The van der Waals surface area contributed by atoms with Gasteiger partial charge < -0.3 is 15.5 Å². The minimum Gasteiger partial charge on any atom is -0.373 e. The van der Waals surface area contributed by atoms with Crippen molar-refractivity contribution >= 4 is 23.7 Å². The van der Waals surface area contributed by atoms with Gasteiger partial charge in [0.05, 0.1) is 23.4 Å². The fourth-order valence-electron chi connectivity index (χ4n) is 3.57. The number of nitrogens with zero attached hydrogens (tertiary/aromatic N) is 2. The molecule has 4 rings (SSSR count). The van der Waals surface area contributed by atoms with Crippen molar-refractivity contribution in [1.82, 2.24) is 15.5 Å². The number of hydrogen-bond acceptors (Lipinski definition) is 4. The van der Waals surface area contributed by atoms with Crippen LogP contribution in [0.15, 0.2) is 74.6 Å². The molecule has 2 atom stereocenters. The summed E-state index contributed by atoms with van der Waals surface area (Å²) in [6.45, 7) is 1.41. The lowest BCUT2D eigenvalue weighted by Gasteiger charge is -2.26. The summed E-state index contributed by atoms with van der Waals surface area (Å²) < 4.78 is 0. The van der Waals surface area contributed by atoms with Crippen molar-refractivity contribution in [3.63, 3.8) is 0 Å². The molecule has 0 aromatic rings. The molecule has 2 heterocycles. The Bertz CT molecular complexity index is 870. The van der Waals surface area contributed by atoms with Gasteiger partial charge in [-0.1, -0.05) is 23.8 Å². The molecule has 0 aromatic carbocycles. The average Bonchev–Trinajstić information content (AvgIpc) is 2.98. The summed E-state index contributed by atoms with van der Waals surface area (Å²) in [6, 6.07) is 0.0733. The van der Waals surface area contributed by atoms with Crippen LogP contribution in [0.25, 0.3) is 0 Å². The average molecular weight is 369 g/mol. The van der Waals surface area contributed by atoms with Gasteiger partial charge in [0.2, 0.25) is 5.91 Å². The molecule has 0 saturated heterocycles. The number of dihydropyridines is 1. The number of rotatable bonds is 4. The Morgan fingerprint density at radius 3 is 3.00 bits per heavy atom. The summed E-state index contributed by atoms with van der Waals surface area (Å²) in [4.78, 5) is 19.5. The van der Waals surface area contributed by atoms with Crippen LogP contribution in [0.2, 0.25) is 0 Å². The highest BCUT2D eigenvalue weighted by molar-refractivity contribution is 6.31. The zero-order valence-electron chi connectivity index (χ0n) is 14.8. The van der Waals surface area contributed by atoms with Crippen LogP contribution in [-0.2, 0) is 4.79 Å². The quantitative estimate of drug-likeness (QED) is 0.798. The lowest BCUT2D eigenvalue weighted by Crippen LogP contribution is -2.35. The van der Waals surface area contributed by atoms with Gasteiger partial charge in [-0.15, -0.1) is 0 Å². The van der Waals surface area contributed by atoms with Gasteiger partial charge in [-0.3, -0.25) is 9.79 Å². The number of carbonyl (C=O) groups excluding carboxylic acids is 1. The van der Waals surface area contributed by atoms with E-state index in [0.717, 1.165) is 34.7 Å². The Balaban J connectivity index is 1.71. The second-order valence-electron chi connectivity index (χ2n) is 6.94. The Hall–Kier alpha value is -2.37. The third kappa shape index (κ3) is 2.97. The van der Waals surface area contributed by atoms with Gasteiger partial charge >= 0.3 is 0 Å². The van der Waals surface area contributed by atoms with Crippen LogP contribution in [0, 0.1) is 5.92 Å². The minimum atomic E-state index is -0.130. The highest BCUT2D eigenvalue weighted by Gasteiger charge is 2.37. The third-order valence-electron chi connectivity index (χ3n) is 4.85.